The van der Waals surface area contributed by atoms with Gasteiger partial charge in [0.15, 0.2) is 5.16 Å². The molecule has 0 spiro atoms. The van der Waals surface area contributed by atoms with Crippen LogP contribution in [-0.4, -0.2) is 31.6 Å². The topological polar surface area (TPSA) is 68.0 Å². The number of hydrogen-bond acceptors (Lipinski definition) is 4. The van der Waals surface area contributed by atoms with E-state index in [1.807, 2.05) is 54.0 Å². The second-order valence-corrected chi connectivity index (χ2v) is 7.46. The number of hydrogen-bond donors (Lipinski definition) is 1. The molecule has 0 radical (unpaired) electrons. The molecule has 5 nitrogen and oxygen atoms in total. The van der Waals surface area contributed by atoms with Gasteiger partial charge in [-0.05, 0) is 34.9 Å². The molecule has 140 valence electrons. The Labute approximate surface area is 167 Å². The summed E-state index contributed by atoms with van der Waals surface area (Å²) in [4.78, 5) is 11.1. The molecular weight excluding hydrogens is 370 g/mol. The Morgan fingerprint density at radius 3 is 2.57 bits per heavy atom. The number of aromatic nitrogens is 3. The number of thioether (sulfide) groups is 1. The predicted molar refractivity (Wildman–Crippen MR) is 111 cm³/mol. The van der Waals surface area contributed by atoms with Gasteiger partial charge in [0.05, 0.1) is 11.4 Å². The highest BCUT2D eigenvalue weighted by atomic mass is 32.2. The van der Waals surface area contributed by atoms with Gasteiger partial charge in [-0.25, -0.2) is 0 Å². The fourth-order valence-corrected chi connectivity index (χ4v) is 3.99. The van der Waals surface area contributed by atoms with Crippen molar-refractivity contribution < 1.29 is 9.90 Å². The zero-order valence-corrected chi connectivity index (χ0v) is 16.2. The zero-order chi connectivity index (χ0) is 19.5. The third kappa shape index (κ3) is 3.64. The van der Waals surface area contributed by atoms with E-state index in [1.165, 1.54) is 22.5 Å². The lowest BCUT2D eigenvalue weighted by molar-refractivity contribution is -0.133. The molecule has 0 aliphatic heterocycles. The maximum atomic E-state index is 11.1. The van der Waals surface area contributed by atoms with E-state index in [4.69, 9.17) is 5.11 Å². The van der Waals surface area contributed by atoms with E-state index in [9.17, 15) is 4.79 Å². The van der Waals surface area contributed by atoms with Crippen molar-refractivity contribution in [2.45, 2.75) is 18.5 Å². The number of nitrogens with zero attached hydrogens (tertiary/aromatic N) is 3. The standard InChI is InChI=1S/C22H19N3O2S/c1-15-7-2-5-12-19(15)25-20(23-24-22(25)28-14-21(26)27)13-17-10-6-9-16-8-3-4-11-18(16)17/h2-12H,13-14H2,1H3,(H,26,27). The fourth-order valence-electron chi connectivity index (χ4n) is 3.31. The number of aryl methyl sites for hydroxylation is 1. The van der Waals surface area contributed by atoms with Crippen LogP contribution >= 0.6 is 11.8 Å². The molecule has 4 aromatic rings. The molecule has 6 heteroatoms. The first-order valence-electron chi connectivity index (χ1n) is 8.95. The summed E-state index contributed by atoms with van der Waals surface area (Å²) in [6.07, 6.45) is 0.607. The van der Waals surface area contributed by atoms with Gasteiger partial charge in [0, 0.05) is 6.42 Å². The van der Waals surface area contributed by atoms with Gasteiger partial charge in [-0.1, -0.05) is 72.4 Å². The minimum absolute atomic E-state index is 0.0573. The summed E-state index contributed by atoms with van der Waals surface area (Å²) in [5.74, 6) is -0.142. The van der Waals surface area contributed by atoms with E-state index in [-0.39, 0.29) is 5.75 Å². The molecule has 0 atom stereocenters. The Morgan fingerprint density at radius 2 is 1.75 bits per heavy atom. The normalized spacial score (nSPS) is 11.0. The number of carboxylic acids is 1. The molecule has 1 N–H and O–H groups in total. The first-order valence-corrected chi connectivity index (χ1v) is 9.93. The van der Waals surface area contributed by atoms with Gasteiger partial charge in [0.2, 0.25) is 0 Å². The summed E-state index contributed by atoms with van der Waals surface area (Å²) in [5, 5.41) is 20.7. The Kier molecular flexibility index (Phi) is 5.12. The van der Waals surface area contributed by atoms with Crippen LogP contribution in [0.25, 0.3) is 16.5 Å². The molecule has 1 aromatic heterocycles. The SMILES string of the molecule is Cc1ccccc1-n1c(Cc2cccc3ccccc23)nnc1SCC(=O)O. The zero-order valence-electron chi connectivity index (χ0n) is 15.4. The number of para-hydroxylation sites is 1. The first kappa shape index (κ1) is 18.3. The van der Waals surface area contributed by atoms with E-state index >= 15 is 0 Å². The Hall–Kier alpha value is -3.12. The number of benzene rings is 3. The Bertz CT molecular complexity index is 1150. The second kappa shape index (κ2) is 7.86. The van der Waals surface area contributed by atoms with Crippen LogP contribution in [0.3, 0.4) is 0 Å². The van der Waals surface area contributed by atoms with Gasteiger partial charge in [0.1, 0.15) is 5.82 Å². The molecule has 4 rings (SSSR count). The van der Waals surface area contributed by atoms with Crippen LogP contribution < -0.4 is 0 Å². The maximum Gasteiger partial charge on any atom is 0.313 e. The molecule has 0 aliphatic rings. The first-order chi connectivity index (χ1) is 13.6. The van der Waals surface area contributed by atoms with Crippen molar-refractivity contribution in [2.75, 3.05) is 5.75 Å². The quantitative estimate of drug-likeness (QED) is 0.492. The number of fused-ring (bicyclic) bond motifs is 1. The lowest BCUT2D eigenvalue weighted by Crippen LogP contribution is -2.07. The Balaban J connectivity index is 1.80. The second-order valence-electron chi connectivity index (χ2n) is 6.52. The molecule has 0 amide bonds. The smallest absolute Gasteiger partial charge is 0.313 e. The summed E-state index contributed by atoms with van der Waals surface area (Å²) >= 11 is 1.18. The number of aliphatic carboxylic acids is 1. The van der Waals surface area contributed by atoms with Gasteiger partial charge < -0.3 is 5.11 Å². The van der Waals surface area contributed by atoms with E-state index in [0.29, 0.717) is 11.6 Å². The van der Waals surface area contributed by atoms with Gasteiger partial charge in [-0.15, -0.1) is 10.2 Å². The lowest BCUT2D eigenvalue weighted by atomic mass is 10.0. The fraction of sp³-hybridized carbons (Fsp3) is 0.136. The van der Waals surface area contributed by atoms with Crippen molar-refractivity contribution in [1.29, 1.82) is 0 Å². The van der Waals surface area contributed by atoms with E-state index in [0.717, 1.165) is 22.6 Å². The van der Waals surface area contributed by atoms with Crippen molar-refractivity contribution in [3.63, 3.8) is 0 Å². The summed E-state index contributed by atoms with van der Waals surface area (Å²) < 4.78 is 1.98. The highest BCUT2D eigenvalue weighted by Crippen LogP contribution is 2.27. The summed E-state index contributed by atoms with van der Waals surface area (Å²) in [7, 11) is 0. The van der Waals surface area contributed by atoms with Gasteiger partial charge in [0.25, 0.3) is 0 Å². The summed E-state index contributed by atoms with van der Waals surface area (Å²) in [6, 6.07) is 22.5. The molecule has 0 bridgehead atoms. The average molecular weight is 389 g/mol. The van der Waals surface area contributed by atoms with E-state index < -0.39 is 5.97 Å². The highest BCUT2D eigenvalue weighted by molar-refractivity contribution is 7.99. The van der Waals surface area contributed by atoms with Crippen LogP contribution in [0.15, 0.2) is 71.9 Å². The lowest BCUT2D eigenvalue weighted by Gasteiger charge is -2.13. The van der Waals surface area contributed by atoms with Crippen molar-refractivity contribution >= 4 is 28.5 Å². The van der Waals surface area contributed by atoms with Crippen LogP contribution in [0.4, 0.5) is 0 Å². The monoisotopic (exact) mass is 389 g/mol. The van der Waals surface area contributed by atoms with Crippen molar-refractivity contribution in [3.8, 4) is 5.69 Å². The molecule has 3 aromatic carbocycles. The molecule has 28 heavy (non-hydrogen) atoms. The van der Waals surface area contributed by atoms with E-state index in [1.54, 1.807) is 0 Å². The van der Waals surface area contributed by atoms with Crippen LogP contribution in [-0.2, 0) is 11.2 Å². The van der Waals surface area contributed by atoms with Crippen molar-refractivity contribution in [1.82, 2.24) is 14.8 Å². The van der Waals surface area contributed by atoms with Crippen LogP contribution in [0, 0.1) is 6.92 Å². The highest BCUT2D eigenvalue weighted by Gasteiger charge is 2.18. The summed E-state index contributed by atoms with van der Waals surface area (Å²) in [5.41, 5.74) is 3.21. The minimum atomic E-state index is -0.875. The van der Waals surface area contributed by atoms with Crippen LogP contribution in [0.1, 0.15) is 17.0 Å². The third-order valence-corrected chi connectivity index (χ3v) is 5.52. The summed E-state index contributed by atoms with van der Waals surface area (Å²) in [6.45, 7) is 2.03. The third-order valence-electron chi connectivity index (χ3n) is 4.61. The molecule has 0 aliphatic carbocycles. The van der Waals surface area contributed by atoms with Crippen LogP contribution in [0.2, 0.25) is 0 Å². The number of rotatable bonds is 6. The number of carbonyl (C=O) groups is 1. The van der Waals surface area contributed by atoms with Crippen molar-refractivity contribution in [2.24, 2.45) is 0 Å². The predicted octanol–water partition coefficient (Wildman–Crippen LogP) is 4.50. The largest absolute Gasteiger partial charge is 0.481 e. The minimum Gasteiger partial charge on any atom is -0.481 e. The van der Waals surface area contributed by atoms with Gasteiger partial charge in [-0.3, -0.25) is 9.36 Å². The maximum absolute atomic E-state index is 11.1. The van der Waals surface area contributed by atoms with Gasteiger partial charge >= 0.3 is 5.97 Å². The average Bonchev–Trinajstić information content (AvgIpc) is 3.09. The van der Waals surface area contributed by atoms with Crippen molar-refractivity contribution in [3.05, 3.63) is 83.7 Å². The Morgan fingerprint density at radius 1 is 1.00 bits per heavy atom. The van der Waals surface area contributed by atoms with E-state index in [2.05, 4.69) is 34.5 Å². The molecule has 0 fully saturated rings. The number of carboxylic acid groups (broad SMARTS) is 1. The molecular formula is C22H19N3O2S. The molecule has 1 heterocycles. The molecule has 0 saturated carbocycles. The van der Waals surface area contributed by atoms with Crippen LogP contribution in [0.5, 0.6) is 0 Å². The molecule has 0 unspecified atom stereocenters. The molecule has 0 saturated heterocycles. The van der Waals surface area contributed by atoms with Gasteiger partial charge in [-0.2, -0.15) is 0 Å².